The van der Waals surface area contributed by atoms with E-state index in [1.807, 2.05) is 25.1 Å². The minimum atomic E-state index is -0.518. The molecule has 0 spiro atoms. The highest BCUT2D eigenvalue weighted by molar-refractivity contribution is 5.33. The second-order valence-corrected chi connectivity index (χ2v) is 5.14. The van der Waals surface area contributed by atoms with Gasteiger partial charge in [0.2, 0.25) is 0 Å². The molecule has 0 bridgehead atoms. The van der Waals surface area contributed by atoms with Gasteiger partial charge in [-0.05, 0) is 43.4 Å². The Labute approximate surface area is 115 Å². The van der Waals surface area contributed by atoms with E-state index >= 15 is 0 Å². The monoisotopic (exact) mass is 258 g/mol. The third-order valence-corrected chi connectivity index (χ3v) is 3.77. The van der Waals surface area contributed by atoms with E-state index in [0.29, 0.717) is 12.5 Å². The molecule has 3 nitrogen and oxygen atoms in total. The Morgan fingerprint density at radius 3 is 2.68 bits per heavy atom. The first kappa shape index (κ1) is 13.9. The fraction of sp³-hybridized carbons (Fsp3) is 0.562. The summed E-state index contributed by atoms with van der Waals surface area (Å²) < 4.78 is 5.95. The average molecular weight is 258 g/mol. The van der Waals surface area contributed by atoms with Crippen molar-refractivity contribution in [1.29, 1.82) is 5.26 Å². The molecule has 0 aromatic heterocycles. The third kappa shape index (κ3) is 3.08. The van der Waals surface area contributed by atoms with Gasteiger partial charge in [0.1, 0.15) is 17.9 Å². The number of hydrogen-bond acceptors (Lipinski definition) is 3. The molecule has 1 unspecified atom stereocenters. The van der Waals surface area contributed by atoms with Crippen LogP contribution in [0.5, 0.6) is 5.75 Å². The molecule has 19 heavy (non-hydrogen) atoms. The van der Waals surface area contributed by atoms with Gasteiger partial charge in [-0.15, -0.1) is 0 Å². The number of nitriles is 1. The minimum Gasteiger partial charge on any atom is -0.490 e. The SMILES string of the molecule is CCNC(C#N)(COc1ccccc1CC)C1CC1. The predicted molar refractivity (Wildman–Crippen MR) is 76.1 cm³/mol. The van der Waals surface area contributed by atoms with Crippen molar-refractivity contribution in [3.05, 3.63) is 29.8 Å². The van der Waals surface area contributed by atoms with Gasteiger partial charge in [-0.2, -0.15) is 5.26 Å². The van der Waals surface area contributed by atoms with Crippen LogP contribution in [0.3, 0.4) is 0 Å². The average Bonchev–Trinajstić information content (AvgIpc) is 3.29. The van der Waals surface area contributed by atoms with Crippen LogP contribution in [0.2, 0.25) is 0 Å². The van der Waals surface area contributed by atoms with Crippen molar-refractivity contribution in [3.63, 3.8) is 0 Å². The number of aryl methyl sites for hydroxylation is 1. The zero-order valence-electron chi connectivity index (χ0n) is 11.8. The Kier molecular flexibility index (Phi) is 4.44. The van der Waals surface area contributed by atoms with Crippen LogP contribution < -0.4 is 10.1 Å². The fourth-order valence-corrected chi connectivity index (χ4v) is 2.50. The summed E-state index contributed by atoms with van der Waals surface area (Å²) in [6, 6.07) is 10.5. The first-order valence-electron chi connectivity index (χ1n) is 7.12. The van der Waals surface area contributed by atoms with E-state index in [2.05, 4.69) is 24.4 Å². The van der Waals surface area contributed by atoms with Crippen molar-refractivity contribution in [2.75, 3.05) is 13.2 Å². The lowest BCUT2D eigenvalue weighted by molar-refractivity contribution is 0.203. The third-order valence-electron chi connectivity index (χ3n) is 3.77. The molecule has 1 aromatic carbocycles. The number of rotatable bonds is 7. The van der Waals surface area contributed by atoms with Gasteiger partial charge in [0.15, 0.2) is 0 Å². The predicted octanol–water partition coefficient (Wildman–Crippen LogP) is 2.91. The molecule has 0 heterocycles. The van der Waals surface area contributed by atoms with Crippen molar-refractivity contribution in [1.82, 2.24) is 5.32 Å². The van der Waals surface area contributed by atoms with Crippen LogP contribution in [-0.2, 0) is 6.42 Å². The molecule has 102 valence electrons. The largest absolute Gasteiger partial charge is 0.490 e. The molecule has 1 aliphatic rings. The molecule has 1 N–H and O–H groups in total. The summed E-state index contributed by atoms with van der Waals surface area (Å²) in [5.74, 6) is 1.34. The Bertz CT molecular complexity index is 462. The number of nitrogens with zero attached hydrogens (tertiary/aromatic N) is 1. The van der Waals surface area contributed by atoms with Crippen LogP contribution in [0.4, 0.5) is 0 Å². The number of likely N-dealkylation sites (N-methyl/N-ethyl adjacent to an activating group) is 1. The molecule has 0 radical (unpaired) electrons. The summed E-state index contributed by atoms with van der Waals surface area (Å²) in [6.07, 6.45) is 3.19. The molecule has 3 heteroatoms. The van der Waals surface area contributed by atoms with Crippen molar-refractivity contribution < 1.29 is 4.74 Å². The lowest BCUT2D eigenvalue weighted by Gasteiger charge is -2.28. The molecular weight excluding hydrogens is 236 g/mol. The van der Waals surface area contributed by atoms with Gasteiger partial charge >= 0.3 is 0 Å². The van der Waals surface area contributed by atoms with Gasteiger partial charge in [0.05, 0.1) is 6.07 Å². The number of ether oxygens (including phenoxy) is 1. The number of hydrogen-bond donors (Lipinski definition) is 1. The Hall–Kier alpha value is -1.53. The van der Waals surface area contributed by atoms with Gasteiger partial charge in [-0.3, -0.25) is 5.32 Å². The molecule has 1 saturated carbocycles. The van der Waals surface area contributed by atoms with E-state index in [1.165, 1.54) is 5.56 Å². The fourth-order valence-electron chi connectivity index (χ4n) is 2.50. The van der Waals surface area contributed by atoms with Crippen LogP contribution in [0.1, 0.15) is 32.3 Å². The molecule has 1 aromatic rings. The lowest BCUT2D eigenvalue weighted by atomic mass is 9.96. The summed E-state index contributed by atoms with van der Waals surface area (Å²) in [6.45, 7) is 5.38. The van der Waals surface area contributed by atoms with Gasteiger partial charge in [0, 0.05) is 0 Å². The Morgan fingerprint density at radius 2 is 2.11 bits per heavy atom. The van der Waals surface area contributed by atoms with Crippen molar-refractivity contribution >= 4 is 0 Å². The smallest absolute Gasteiger partial charge is 0.143 e. The molecule has 0 amide bonds. The number of benzene rings is 1. The topological polar surface area (TPSA) is 45.0 Å². The molecule has 1 aliphatic carbocycles. The van der Waals surface area contributed by atoms with Crippen LogP contribution in [0, 0.1) is 17.2 Å². The first-order chi connectivity index (χ1) is 9.25. The van der Waals surface area contributed by atoms with Crippen LogP contribution >= 0.6 is 0 Å². The van der Waals surface area contributed by atoms with Gasteiger partial charge in [-0.25, -0.2) is 0 Å². The van der Waals surface area contributed by atoms with Crippen LogP contribution in [0.25, 0.3) is 0 Å². The summed E-state index contributed by atoms with van der Waals surface area (Å²) in [5.41, 5.74) is 0.678. The maximum absolute atomic E-state index is 9.53. The Balaban J connectivity index is 2.08. The quantitative estimate of drug-likeness (QED) is 0.818. The second kappa shape index (κ2) is 6.08. The van der Waals surface area contributed by atoms with E-state index < -0.39 is 5.54 Å². The standard InChI is InChI=1S/C16H22N2O/c1-3-13-7-5-6-8-15(13)19-12-16(11-17,18-4-2)14-9-10-14/h5-8,14,18H,3-4,9-10,12H2,1-2H3. The van der Waals surface area contributed by atoms with Crippen molar-refractivity contribution in [3.8, 4) is 11.8 Å². The zero-order chi connectivity index (χ0) is 13.7. The van der Waals surface area contributed by atoms with E-state index in [9.17, 15) is 5.26 Å². The molecule has 0 saturated heterocycles. The van der Waals surface area contributed by atoms with Crippen molar-refractivity contribution in [2.45, 2.75) is 38.6 Å². The molecule has 2 rings (SSSR count). The van der Waals surface area contributed by atoms with Crippen molar-refractivity contribution in [2.24, 2.45) is 5.92 Å². The van der Waals surface area contributed by atoms with E-state index in [4.69, 9.17) is 4.74 Å². The van der Waals surface area contributed by atoms with E-state index in [1.54, 1.807) is 0 Å². The highest BCUT2D eigenvalue weighted by atomic mass is 16.5. The highest BCUT2D eigenvalue weighted by Crippen LogP contribution is 2.40. The van der Waals surface area contributed by atoms with E-state index in [-0.39, 0.29) is 0 Å². The second-order valence-electron chi connectivity index (χ2n) is 5.14. The number of para-hydroxylation sites is 1. The highest BCUT2D eigenvalue weighted by Gasteiger charge is 2.46. The summed E-state index contributed by atoms with van der Waals surface area (Å²) in [5, 5.41) is 12.9. The summed E-state index contributed by atoms with van der Waals surface area (Å²) >= 11 is 0. The maximum atomic E-state index is 9.53. The van der Waals surface area contributed by atoms with Gasteiger partial charge < -0.3 is 4.74 Å². The maximum Gasteiger partial charge on any atom is 0.143 e. The minimum absolute atomic E-state index is 0.430. The van der Waals surface area contributed by atoms with Gasteiger partial charge in [-0.1, -0.05) is 32.0 Å². The zero-order valence-corrected chi connectivity index (χ0v) is 11.8. The summed E-state index contributed by atoms with van der Waals surface area (Å²) in [7, 11) is 0. The lowest BCUT2D eigenvalue weighted by Crippen LogP contribution is -2.50. The Morgan fingerprint density at radius 1 is 1.37 bits per heavy atom. The summed E-state index contributed by atoms with van der Waals surface area (Å²) in [4.78, 5) is 0. The van der Waals surface area contributed by atoms with Crippen LogP contribution in [-0.4, -0.2) is 18.7 Å². The number of nitrogens with one attached hydrogen (secondary N) is 1. The molecule has 0 aliphatic heterocycles. The molecule has 1 fully saturated rings. The van der Waals surface area contributed by atoms with Gasteiger partial charge in [0.25, 0.3) is 0 Å². The first-order valence-corrected chi connectivity index (χ1v) is 7.12. The molecule has 1 atom stereocenters. The van der Waals surface area contributed by atoms with Crippen LogP contribution in [0.15, 0.2) is 24.3 Å². The molecular formula is C16H22N2O. The van der Waals surface area contributed by atoms with E-state index in [0.717, 1.165) is 31.6 Å². The normalized spacial score (nSPS) is 17.5.